The number of nitrogens with zero attached hydrogens (tertiary/aromatic N) is 5. The highest BCUT2D eigenvalue weighted by Crippen LogP contribution is 2.21. The van der Waals surface area contributed by atoms with Crippen molar-refractivity contribution in [3.8, 4) is 0 Å². The van der Waals surface area contributed by atoms with E-state index in [1.807, 2.05) is 9.80 Å². The van der Waals surface area contributed by atoms with E-state index < -0.39 is 4.92 Å². The molecule has 9 nitrogen and oxygen atoms in total. The van der Waals surface area contributed by atoms with E-state index in [0.717, 1.165) is 12.6 Å². The minimum absolute atomic E-state index is 0.143. The third-order valence-electron chi connectivity index (χ3n) is 3.83. The van der Waals surface area contributed by atoms with Gasteiger partial charge in [-0.15, -0.1) is 0 Å². The summed E-state index contributed by atoms with van der Waals surface area (Å²) in [5.41, 5.74) is 5.29. The maximum absolute atomic E-state index is 12.1. The fourth-order valence-electron chi connectivity index (χ4n) is 2.40. The molecule has 1 saturated heterocycles. The third kappa shape index (κ3) is 4.27. The van der Waals surface area contributed by atoms with Crippen LogP contribution >= 0.6 is 0 Å². The van der Waals surface area contributed by atoms with Crippen LogP contribution in [-0.2, 0) is 4.79 Å². The molecule has 1 aliphatic rings. The first-order valence-electron chi connectivity index (χ1n) is 7.68. The Morgan fingerprint density at radius 1 is 1.39 bits per heavy atom. The topological polar surface area (TPSA) is 118 Å². The van der Waals surface area contributed by atoms with E-state index in [-0.39, 0.29) is 17.4 Å². The molecule has 0 unspecified atom stereocenters. The summed E-state index contributed by atoms with van der Waals surface area (Å²) in [6.07, 6.45) is 2.58. The van der Waals surface area contributed by atoms with Crippen LogP contribution in [0.5, 0.6) is 0 Å². The summed E-state index contributed by atoms with van der Waals surface area (Å²) in [6.45, 7) is 6.56. The third-order valence-corrected chi connectivity index (χ3v) is 3.83. The molecule has 1 aliphatic heterocycles. The molecule has 1 aromatic heterocycles. The number of amides is 1. The van der Waals surface area contributed by atoms with Gasteiger partial charge in [-0.1, -0.05) is 13.8 Å². The zero-order valence-corrected chi connectivity index (χ0v) is 13.4. The fraction of sp³-hybridized carbons (Fsp3) is 0.643. The number of hydrogen-bond donors (Lipinski definition) is 1. The van der Waals surface area contributed by atoms with Gasteiger partial charge in [-0.25, -0.2) is 4.98 Å². The van der Waals surface area contributed by atoms with E-state index in [2.05, 4.69) is 23.8 Å². The lowest BCUT2D eigenvalue weighted by Gasteiger charge is -2.34. The maximum Gasteiger partial charge on any atom is 0.329 e. The summed E-state index contributed by atoms with van der Waals surface area (Å²) in [5, 5.41) is 10.7. The zero-order chi connectivity index (χ0) is 17.0. The van der Waals surface area contributed by atoms with Crippen molar-refractivity contribution in [1.82, 2.24) is 14.9 Å². The van der Waals surface area contributed by atoms with Crippen LogP contribution in [-0.4, -0.2) is 51.9 Å². The van der Waals surface area contributed by atoms with Gasteiger partial charge in [-0.05, 0) is 12.3 Å². The average molecular weight is 322 g/mol. The Balaban J connectivity index is 1.93. The Morgan fingerprint density at radius 2 is 2.04 bits per heavy atom. The number of aromatic nitrogens is 2. The number of nitrogen functional groups attached to an aromatic ring is 1. The first-order valence-corrected chi connectivity index (χ1v) is 7.68. The lowest BCUT2D eigenvalue weighted by molar-refractivity contribution is -0.384. The lowest BCUT2D eigenvalue weighted by atomic mass is 10.1. The standard InChI is InChI=1S/C14H22N6O3/c1-10(2)3-4-12(21)18-5-7-19(8-6-18)14-16-9-11(20(22)23)13(15)17-14/h9-10H,3-8H2,1-2H3,(H2,15,16,17). The Morgan fingerprint density at radius 3 is 2.57 bits per heavy atom. The summed E-state index contributed by atoms with van der Waals surface area (Å²) in [6, 6.07) is 0. The molecule has 0 atom stereocenters. The van der Waals surface area contributed by atoms with Crippen LogP contribution in [0.3, 0.4) is 0 Å². The monoisotopic (exact) mass is 322 g/mol. The van der Waals surface area contributed by atoms with Crippen molar-refractivity contribution in [2.75, 3.05) is 36.8 Å². The molecule has 2 rings (SSSR count). The molecule has 0 bridgehead atoms. The summed E-state index contributed by atoms with van der Waals surface area (Å²) >= 11 is 0. The van der Waals surface area contributed by atoms with E-state index in [4.69, 9.17) is 5.73 Å². The minimum atomic E-state index is -0.607. The number of anilines is 2. The van der Waals surface area contributed by atoms with Gasteiger partial charge in [-0.3, -0.25) is 14.9 Å². The van der Waals surface area contributed by atoms with Crippen molar-refractivity contribution < 1.29 is 9.72 Å². The highest BCUT2D eigenvalue weighted by molar-refractivity contribution is 5.76. The van der Waals surface area contributed by atoms with Gasteiger partial charge in [0, 0.05) is 32.6 Å². The number of carbonyl (C=O) groups excluding carboxylic acids is 1. The minimum Gasteiger partial charge on any atom is -0.378 e. The van der Waals surface area contributed by atoms with Gasteiger partial charge < -0.3 is 15.5 Å². The van der Waals surface area contributed by atoms with E-state index in [1.165, 1.54) is 0 Å². The smallest absolute Gasteiger partial charge is 0.329 e. The molecule has 2 N–H and O–H groups in total. The van der Waals surface area contributed by atoms with Crippen molar-refractivity contribution in [2.45, 2.75) is 26.7 Å². The van der Waals surface area contributed by atoms with Gasteiger partial charge >= 0.3 is 5.69 Å². The van der Waals surface area contributed by atoms with Gasteiger partial charge in [0.1, 0.15) is 6.20 Å². The molecule has 1 amide bonds. The molecular weight excluding hydrogens is 300 g/mol. The first kappa shape index (κ1) is 16.9. The number of carbonyl (C=O) groups is 1. The normalized spacial score (nSPS) is 15.1. The SMILES string of the molecule is CC(C)CCC(=O)N1CCN(c2ncc([N+](=O)[O-])c(N)n2)CC1. The van der Waals surface area contributed by atoms with Gasteiger partial charge in [-0.2, -0.15) is 4.98 Å². The summed E-state index contributed by atoms with van der Waals surface area (Å²) in [4.78, 5) is 33.9. The Kier molecular flexibility index (Phi) is 5.30. The predicted octanol–water partition coefficient (Wildman–Crippen LogP) is 1.05. The second kappa shape index (κ2) is 7.21. The molecule has 126 valence electrons. The summed E-state index contributed by atoms with van der Waals surface area (Å²) in [7, 11) is 0. The van der Waals surface area contributed by atoms with Crippen LogP contribution in [0.15, 0.2) is 6.20 Å². The molecule has 0 spiro atoms. The largest absolute Gasteiger partial charge is 0.378 e. The number of hydrogen-bond acceptors (Lipinski definition) is 7. The molecule has 23 heavy (non-hydrogen) atoms. The second-order valence-electron chi connectivity index (χ2n) is 6.00. The first-order chi connectivity index (χ1) is 10.9. The number of nitro groups is 1. The predicted molar refractivity (Wildman–Crippen MR) is 86.0 cm³/mol. The van der Waals surface area contributed by atoms with Crippen LogP contribution in [0.25, 0.3) is 0 Å². The molecule has 9 heteroatoms. The van der Waals surface area contributed by atoms with Crippen molar-refractivity contribution >= 4 is 23.4 Å². The van der Waals surface area contributed by atoms with Gasteiger partial charge in [0.15, 0.2) is 0 Å². The van der Waals surface area contributed by atoms with Crippen LogP contribution < -0.4 is 10.6 Å². The van der Waals surface area contributed by atoms with Crippen molar-refractivity contribution in [2.24, 2.45) is 5.92 Å². The average Bonchev–Trinajstić information content (AvgIpc) is 2.52. The zero-order valence-electron chi connectivity index (χ0n) is 13.4. The lowest BCUT2D eigenvalue weighted by Crippen LogP contribution is -2.49. The van der Waals surface area contributed by atoms with E-state index >= 15 is 0 Å². The Labute approximate surface area is 134 Å². The maximum atomic E-state index is 12.1. The fourth-order valence-corrected chi connectivity index (χ4v) is 2.40. The van der Waals surface area contributed by atoms with Crippen molar-refractivity contribution in [3.63, 3.8) is 0 Å². The highest BCUT2D eigenvalue weighted by Gasteiger charge is 2.24. The molecule has 0 saturated carbocycles. The van der Waals surface area contributed by atoms with Crippen molar-refractivity contribution in [3.05, 3.63) is 16.3 Å². The van der Waals surface area contributed by atoms with Crippen LogP contribution in [0.4, 0.5) is 17.5 Å². The number of nitrogens with two attached hydrogens (primary N) is 1. The quantitative estimate of drug-likeness (QED) is 0.635. The van der Waals surface area contributed by atoms with Gasteiger partial charge in [0.25, 0.3) is 0 Å². The Bertz CT molecular complexity index is 584. The van der Waals surface area contributed by atoms with Crippen molar-refractivity contribution in [1.29, 1.82) is 0 Å². The molecule has 0 aliphatic carbocycles. The van der Waals surface area contributed by atoms with E-state index in [9.17, 15) is 14.9 Å². The molecular formula is C14H22N6O3. The van der Waals surface area contributed by atoms with Crippen LogP contribution in [0.2, 0.25) is 0 Å². The van der Waals surface area contributed by atoms with E-state index in [0.29, 0.717) is 44.5 Å². The molecule has 0 aromatic carbocycles. The highest BCUT2D eigenvalue weighted by atomic mass is 16.6. The summed E-state index contributed by atoms with van der Waals surface area (Å²) < 4.78 is 0. The summed E-state index contributed by atoms with van der Waals surface area (Å²) in [5.74, 6) is 0.900. The van der Waals surface area contributed by atoms with Crippen LogP contribution in [0, 0.1) is 16.0 Å². The van der Waals surface area contributed by atoms with Gasteiger partial charge in [0.05, 0.1) is 4.92 Å². The molecule has 2 heterocycles. The van der Waals surface area contributed by atoms with E-state index in [1.54, 1.807) is 0 Å². The second-order valence-corrected chi connectivity index (χ2v) is 6.00. The molecule has 1 aromatic rings. The Hall–Kier alpha value is -2.45. The molecule has 0 radical (unpaired) electrons. The molecule has 1 fully saturated rings. The number of rotatable bonds is 5. The number of piperazine rings is 1. The van der Waals surface area contributed by atoms with Gasteiger partial charge in [0.2, 0.25) is 17.7 Å². The van der Waals surface area contributed by atoms with Crippen LogP contribution in [0.1, 0.15) is 26.7 Å².